The largest absolute Gasteiger partial charge is 0.497 e. The standard InChI is InChI=1S/C18H14N4O3S/c1-25-16-6-3-14(4-7-16)21-12-13-11-15(22(23)24)5-8-17(13)26-18-19-9-2-10-20-18/h2-12H,1H3. The Bertz CT molecular complexity index is 931. The lowest BCUT2D eigenvalue weighted by atomic mass is 10.2. The van der Waals surface area contributed by atoms with Gasteiger partial charge in [0.2, 0.25) is 0 Å². The molecule has 1 heterocycles. The van der Waals surface area contributed by atoms with Gasteiger partial charge in [-0.1, -0.05) is 0 Å². The first kappa shape index (κ1) is 17.6. The predicted octanol–water partition coefficient (Wildman–Crippen LogP) is 4.30. The van der Waals surface area contributed by atoms with Crippen LogP contribution in [0.15, 0.2) is 76.0 Å². The summed E-state index contributed by atoms with van der Waals surface area (Å²) < 4.78 is 5.12. The second-order valence-corrected chi connectivity index (χ2v) is 6.08. The molecule has 0 unspecified atom stereocenters. The van der Waals surface area contributed by atoms with Gasteiger partial charge >= 0.3 is 0 Å². The van der Waals surface area contributed by atoms with E-state index in [1.54, 1.807) is 62.1 Å². The molecule has 0 spiro atoms. The smallest absolute Gasteiger partial charge is 0.270 e. The summed E-state index contributed by atoms with van der Waals surface area (Å²) in [4.78, 5) is 24.2. The minimum Gasteiger partial charge on any atom is -0.497 e. The average Bonchev–Trinajstić information content (AvgIpc) is 2.68. The number of aliphatic imine (C=N–C) groups is 1. The summed E-state index contributed by atoms with van der Waals surface area (Å²) in [5.74, 6) is 0.733. The van der Waals surface area contributed by atoms with E-state index >= 15 is 0 Å². The van der Waals surface area contributed by atoms with Gasteiger partial charge < -0.3 is 4.74 Å². The van der Waals surface area contributed by atoms with Crippen molar-refractivity contribution in [3.63, 3.8) is 0 Å². The first-order valence-corrected chi connectivity index (χ1v) is 8.39. The van der Waals surface area contributed by atoms with Crippen LogP contribution >= 0.6 is 11.8 Å². The molecule has 130 valence electrons. The molecule has 0 saturated carbocycles. The van der Waals surface area contributed by atoms with Gasteiger partial charge in [-0.2, -0.15) is 0 Å². The van der Waals surface area contributed by atoms with Crippen LogP contribution in [0.3, 0.4) is 0 Å². The zero-order chi connectivity index (χ0) is 18.4. The Morgan fingerprint density at radius 3 is 2.54 bits per heavy atom. The van der Waals surface area contributed by atoms with Crippen molar-refractivity contribution in [3.05, 3.63) is 76.6 Å². The SMILES string of the molecule is COc1ccc(N=Cc2cc([N+](=O)[O-])ccc2Sc2ncccn2)cc1. The average molecular weight is 366 g/mol. The van der Waals surface area contributed by atoms with E-state index in [1.165, 1.54) is 23.9 Å². The molecule has 7 nitrogen and oxygen atoms in total. The number of methoxy groups -OCH3 is 1. The topological polar surface area (TPSA) is 90.5 Å². The van der Waals surface area contributed by atoms with Gasteiger partial charge in [0.15, 0.2) is 5.16 Å². The van der Waals surface area contributed by atoms with Crippen LogP contribution in [0.2, 0.25) is 0 Å². The Labute approximate surface area is 153 Å². The summed E-state index contributed by atoms with van der Waals surface area (Å²) in [6.07, 6.45) is 4.89. The van der Waals surface area contributed by atoms with Crippen LogP contribution < -0.4 is 4.74 Å². The highest BCUT2D eigenvalue weighted by molar-refractivity contribution is 7.99. The van der Waals surface area contributed by atoms with Gasteiger partial charge in [0.25, 0.3) is 5.69 Å². The van der Waals surface area contributed by atoms with Crippen LogP contribution in [0, 0.1) is 10.1 Å². The van der Waals surface area contributed by atoms with Crippen LogP contribution in [0.5, 0.6) is 5.75 Å². The molecule has 0 fully saturated rings. The Balaban J connectivity index is 1.92. The molecule has 0 aliphatic carbocycles. The second-order valence-electron chi connectivity index (χ2n) is 5.07. The van der Waals surface area contributed by atoms with Gasteiger partial charge in [-0.05, 0) is 48.2 Å². The van der Waals surface area contributed by atoms with Crippen molar-refractivity contribution in [2.24, 2.45) is 4.99 Å². The fourth-order valence-corrected chi connectivity index (χ4v) is 2.88. The molecule has 0 bridgehead atoms. The number of non-ortho nitro benzene ring substituents is 1. The van der Waals surface area contributed by atoms with Gasteiger partial charge in [0.05, 0.1) is 17.7 Å². The Morgan fingerprint density at radius 2 is 1.88 bits per heavy atom. The van der Waals surface area contributed by atoms with Gasteiger partial charge in [0, 0.05) is 41.2 Å². The van der Waals surface area contributed by atoms with Gasteiger partial charge in [-0.3, -0.25) is 15.1 Å². The maximum absolute atomic E-state index is 11.1. The molecule has 0 amide bonds. The number of nitro benzene ring substituents is 1. The molecule has 3 rings (SSSR count). The minimum absolute atomic E-state index is 0.000453. The predicted molar refractivity (Wildman–Crippen MR) is 99.5 cm³/mol. The van der Waals surface area contributed by atoms with Crippen molar-refractivity contribution in [2.75, 3.05) is 7.11 Å². The molecular formula is C18H14N4O3S. The molecule has 26 heavy (non-hydrogen) atoms. The van der Waals surface area contributed by atoms with Crippen LogP contribution in [0.4, 0.5) is 11.4 Å². The van der Waals surface area contributed by atoms with Crippen LogP contribution in [-0.4, -0.2) is 28.2 Å². The fraction of sp³-hybridized carbons (Fsp3) is 0.0556. The molecule has 1 aromatic heterocycles. The van der Waals surface area contributed by atoms with Crippen molar-refractivity contribution >= 4 is 29.4 Å². The van der Waals surface area contributed by atoms with Gasteiger partial charge in [0.1, 0.15) is 5.75 Å². The molecule has 0 aliphatic rings. The number of benzene rings is 2. The quantitative estimate of drug-likeness (QED) is 0.280. The van der Waals surface area contributed by atoms with E-state index in [0.29, 0.717) is 16.4 Å². The molecule has 2 aromatic carbocycles. The molecule has 8 heteroatoms. The third-order valence-electron chi connectivity index (χ3n) is 3.37. The normalized spacial score (nSPS) is 10.8. The third kappa shape index (κ3) is 4.42. The van der Waals surface area contributed by atoms with E-state index in [0.717, 1.165) is 10.6 Å². The lowest BCUT2D eigenvalue weighted by Gasteiger charge is -2.05. The Morgan fingerprint density at radius 1 is 1.15 bits per heavy atom. The summed E-state index contributed by atoms with van der Waals surface area (Å²) in [7, 11) is 1.59. The van der Waals surface area contributed by atoms with E-state index in [4.69, 9.17) is 4.74 Å². The van der Waals surface area contributed by atoms with Gasteiger partial charge in [-0.15, -0.1) is 0 Å². The summed E-state index contributed by atoms with van der Waals surface area (Å²) in [5, 5.41) is 11.6. The zero-order valence-electron chi connectivity index (χ0n) is 13.8. The van der Waals surface area contributed by atoms with Crippen LogP contribution in [-0.2, 0) is 0 Å². The Hall–Kier alpha value is -3.26. The molecule has 0 N–H and O–H groups in total. The fourth-order valence-electron chi connectivity index (χ4n) is 2.09. The number of nitro groups is 1. The summed E-state index contributed by atoms with van der Waals surface area (Å²) in [5.41, 5.74) is 1.33. The highest BCUT2D eigenvalue weighted by atomic mass is 32.2. The maximum Gasteiger partial charge on any atom is 0.270 e. The van der Waals surface area contributed by atoms with Gasteiger partial charge in [-0.25, -0.2) is 9.97 Å². The number of hydrogen-bond acceptors (Lipinski definition) is 7. The highest BCUT2D eigenvalue weighted by Gasteiger charge is 2.11. The molecule has 0 radical (unpaired) electrons. The monoisotopic (exact) mass is 366 g/mol. The highest BCUT2D eigenvalue weighted by Crippen LogP contribution is 2.30. The van der Waals surface area contributed by atoms with E-state index in [1.807, 2.05) is 0 Å². The maximum atomic E-state index is 11.1. The molecular weight excluding hydrogens is 352 g/mol. The number of ether oxygens (including phenoxy) is 1. The third-order valence-corrected chi connectivity index (χ3v) is 4.36. The number of nitrogens with zero attached hydrogens (tertiary/aromatic N) is 4. The summed E-state index contributed by atoms with van der Waals surface area (Å²) >= 11 is 1.32. The van der Waals surface area contributed by atoms with Crippen molar-refractivity contribution in [1.82, 2.24) is 9.97 Å². The van der Waals surface area contributed by atoms with E-state index in [2.05, 4.69) is 15.0 Å². The first-order chi connectivity index (χ1) is 12.7. The summed E-state index contributed by atoms with van der Waals surface area (Å²) in [6.45, 7) is 0. The Kier molecular flexibility index (Phi) is 5.55. The lowest BCUT2D eigenvalue weighted by Crippen LogP contribution is -1.93. The molecule has 0 atom stereocenters. The number of hydrogen-bond donors (Lipinski definition) is 0. The van der Waals surface area contributed by atoms with Crippen LogP contribution in [0.1, 0.15) is 5.56 Å². The first-order valence-electron chi connectivity index (χ1n) is 7.57. The van der Waals surface area contributed by atoms with E-state index in [9.17, 15) is 10.1 Å². The molecule has 0 saturated heterocycles. The van der Waals surface area contributed by atoms with Crippen molar-refractivity contribution < 1.29 is 9.66 Å². The lowest BCUT2D eigenvalue weighted by molar-refractivity contribution is -0.384. The number of aromatic nitrogens is 2. The van der Waals surface area contributed by atoms with Crippen molar-refractivity contribution in [1.29, 1.82) is 0 Å². The van der Waals surface area contributed by atoms with E-state index in [-0.39, 0.29) is 5.69 Å². The molecule has 0 aliphatic heterocycles. The number of rotatable bonds is 6. The molecule has 3 aromatic rings. The zero-order valence-corrected chi connectivity index (χ0v) is 14.6. The van der Waals surface area contributed by atoms with Crippen molar-refractivity contribution in [3.8, 4) is 5.75 Å². The van der Waals surface area contributed by atoms with Crippen LogP contribution in [0.25, 0.3) is 0 Å². The second kappa shape index (κ2) is 8.21. The van der Waals surface area contributed by atoms with Crippen molar-refractivity contribution in [2.45, 2.75) is 10.1 Å². The minimum atomic E-state index is -0.432. The summed E-state index contributed by atoms with van der Waals surface area (Å²) in [6, 6.07) is 13.6. The van der Waals surface area contributed by atoms with E-state index < -0.39 is 4.92 Å².